The number of thioether (sulfide) groups is 1. The first kappa shape index (κ1) is 21.4. The van der Waals surface area contributed by atoms with Crippen LogP contribution in [0.4, 0.5) is 5.69 Å². The third-order valence-electron chi connectivity index (χ3n) is 5.21. The van der Waals surface area contributed by atoms with Crippen LogP contribution < -0.4 is 10.1 Å². The monoisotopic (exact) mass is 437 g/mol. The third kappa shape index (κ3) is 5.88. The summed E-state index contributed by atoms with van der Waals surface area (Å²) < 4.78 is 10.8. The van der Waals surface area contributed by atoms with Crippen LogP contribution in [0.1, 0.15) is 44.9 Å². The maximum atomic E-state index is 12.5. The number of nitrogens with one attached hydrogen (secondary N) is 1. The number of benzene rings is 2. The Morgan fingerprint density at radius 3 is 2.71 bits per heavy atom. The number of aryl methyl sites for hydroxylation is 1. The summed E-state index contributed by atoms with van der Waals surface area (Å²) in [5, 5.41) is 7.73. The zero-order chi connectivity index (χ0) is 21.5. The Hall–Kier alpha value is -2.80. The first-order chi connectivity index (χ1) is 15.2. The van der Waals surface area contributed by atoms with Crippen molar-refractivity contribution < 1.29 is 14.1 Å². The maximum absolute atomic E-state index is 12.5. The van der Waals surface area contributed by atoms with Crippen LogP contribution in [-0.4, -0.2) is 27.9 Å². The molecular formula is C24H27N3O3S. The summed E-state index contributed by atoms with van der Waals surface area (Å²) in [7, 11) is 0. The van der Waals surface area contributed by atoms with Crippen molar-refractivity contribution in [3.8, 4) is 17.1 Å². The molecule has 2 aromatic carbocycles. The van der Waals surface area contributed by atoms with E-state index in [0.29, 0.717) is 30.0 Å². The molecule has 1 aliphatic carbocycles. The second kappa shape index (κ2) is 10.5. The van der Waals surface area contributed by atoms with Crippen LogP contribution in [0.15, 0.2) is 57.9 Å². The van der Waals surface area contributed by atoms with Crippen molar-refractivity contribution >= 4 is 23.4 Å². The number of hydrogen-bond donors (Lipinski definition) is 1. The molecular weight excluding hydrogens is 410 g/mol. The Kier molecular flexibility index (Phi) is 7.25. The molecule has 1 aromatic heterocycles. The molecule has 0 unspecified atom stereocenters. The van der Waals surface area contributed by atoms with Gasteiger partial charge in [-0.3, -0.25) is 4.79 Å². The molecule has 0 atom stereocenters. The highest BCUT2D eigenvalue weighted by Crippen LogP contribution is 2.38. The minimum atomic E-state index is -0.0553. The van der Waals surface area contributed by atoms with E-state index >= 15 is 0 Å². The number of ether oxygens (including phenoxy) is 1. The Balaban J connectivity index is 1.31. The van der Waals surface area contributed by atoms with Gasteiger partial charge in [0.05, 0.1) is 12.3 Å². The zero-order valence-electron chi connectivity index (χ0n) is 17.7. The van der Waals surface area contributed by atoms with E-state index in [1.54, 1.807) is 0 Å². The Morgan fingerprint density at radius 1 is 1.16 bits per heavy atom. The van der Waals surface area contributed by atoms with Gasteiger partial charge in [-0.15, -0.1) is 11.8 Å². The van der Waals surface area contributed by atoms with Crippen LogP contribution in [0.3, 0.4) is 0 Å². The molecule has 6 nitrogen and oxygen atoms in total. The molecule has 1 aliphatic rings. The number of anilines is 1. The summed E-state index contributed by atoms with van der Waals surface area (Å²) in [6, 6.07) is 15.6. The van der Waals surface area contributed by atoms with E-state index in [9.17, 15) is 4.79 Å². The Morgan fingerprint density at radius 2 is 1.94 bits per heavy atom. The van der Waals surface area contributed by atoms with Gasteiger partial charge in [-0.25, -0.2) is 0 Å². The Labute approximate surface area is 186 Å². The normalized spacial score (nSPS) is 14.0. The van der Waals surface area contributed by atoms with Gasteiger partial charge in [0.15, 0.2) is 0 Å². The minimum absolute atomic E-state index is 0.0553. The number of nitrogens with zero attached hydrogens (tertiary/aromatic N) is 2. The SMILES string of the molecule is CCOc1ccc(-c2noc(CCC(=O)Nc3ccccc3SC3CCCC3)n2)cc1. The van der Waals surface area contributed by atoms with E-state index in [1.807, 2.05) is 61.2 Å². The van der Waals surface area contributed by atoms with Crippen LogP contribution in [-0.2, 0) is 11.2 Å². The van der Waals surface area contributed by atoms with Crippen LogP contribution >= 0.6 is 11.8 Å². The molecule has 0 aliphatic heterocycles. The smallest absolute Gasteiger partial charge is 0.227 e. The standard InChI is InChI=1S/C24H27N3O3S/c1-2-29-18-13-11-17(12-14-18)24-26-23(30-27-24)16-15-22(28)25-20-9-5-6-10-21(20)31-19-7-3-4-8-19/h5-6,9-14,19H,2-4,7-8,15-16H2,1H3,(H,25,28). The van der Waals surface area contributed by atoms with Gasteiger partial charge in [-0.2, -0.15) is 4.98 Å². The fourth-order valence-electron chi connectivity index (χ4n) is 3.63. The van der Waals surface area contributed by atoms with E-state index in [0.717, 1.165) is 21.9 Å². The molecule has 3 aromatic rings. The van der Waals surface area contributed by atoms with Crippen LogP contribution in [0.2, 0.25) is 0 Å². The van der Waals surface area contributed by atoms with E-state index in [2.05, 4.69) is 21.5 Å². The lowest BCUT2D eigenvalue weighted by Gasteiger charge is -2.13. The molecule has 0 spiro atoms. The highest BCUT2D eigenvalue weighted by molar-refractivity contribution is 8.00. The second-order valence-corrected chi connectivity index (χ2v) is 8.88. The van der Waals surface area contributed by atoms with Gasteiger partial charge in [-0.1, -0.05) is 30.1 Å². The molecule has 1 amide bonds. The molecule has 1 N–H and O–H groups in total. The second-order valence-electron chi connectivity index (χ2n) is 7.54. The summed E-state index contributed by atoms with van der Waals surface area (Å²) in [4.78, 5) is 18.1. The summed E-state index contributed by atoms with van der Waals surface area (Å²) >= 11 is 1.87. The number of carbonyl (C=O) groups excluding carboxylic acids is 1. The molecule has 4 rings (SSSR count). The molecule has 1 heterocycles. The molecule has 162 valence electrons. The van der Waals surface area contributed by atoms with Gasteiger partial charge in [0.2, 0.25) is 17.6 Å². The van der Waals surface area contributed by atoms with Crippen molar-refractivity contribution in [2.75, 3.05) is 11.9 Å². The number of amides is 1. The number of hydrogen-bond acceptors (Lipinski definition) is 6. The summed E-state index contributed by atoms with van der Waals surface area (Å²) in [6.45, 7) is 2.57. The van der Waals surface area contributed by atoms with E-state index < -0.39 is 0 Å². The van der Waals surface area contributed by atoms with Crippen molar-refractivity contribution in [2.24, 2.45) is 0 Å². The molecule has 31 heavy (non-hydrogen) atoms. The Bertz CT molecular complexity index is 997. The van der Waals surface area contributed by atoms with Gasteiger partial charge in [0.1, 0.15) is 5.75 Å². The quantitative estimate of drug-likeness (QED) is 0.460. The van der Waals surface area contributed by atoms with Gasteiger partial charge in [0, 0.05) is 28.6 Å². The van der Waals surface area contributed by atoms with Crippen molar-refractivity contribution in [3.63, 3.8) is 0 Å². The molecule has 0 saturated heterocycles. The highest BCUT2D eigenvalue weighted by Gasteiger charge is 2.18. The fraction of sp³-hybridized carbons (Fsp3) is 0.375. The van der Waals surface area contributed by atoms with E-state index in [-0.39, 0.29) is 12.3 Å². The van der Waals surface area contributed by atoms with Crippen molar-refractivity contribution in [2.45, 2.75) is 55.6 Å². The number of carbonyl (C=O) groups is 1. The maximum Gasteiger partial charge on any atom is 0.227 e. The summed E-state index contributed by atoms with van der Waals surface area (Å²) in [5.74, 6) is 1.71. The van der Waals surface area contributed by atoms with Crippen LogP contribution in [0, 0.1) is 0 Å². The summed E-state index contributed by atoms with van der Waals surface area (Å²) in [5.41, 5.74) is 1.73. The minimum Gasteiger partial charge on any atom is -0.494 e. The first-order valence-electron chi connectivity index (χ1n) is 10.8. The van der Waals surface area contributed by atoms with Gasteiger partial charge in [0.25, 0.3) is 0 Å². The lowest BCUT2D eigenvalue weighted by atomic mass is 10.2. The summed E-state index contributed by atoms with van der Waals surface area (Å²) in [6.07, 6.45) is 5.78. The van der Waals surface area contributed by atoms with Crippen molar-refractivity contribution in [1.29, 1.82) is 0 Å². The average Bonchev–Trinajstić information content (AvgIpc) is 3.47. The van der Waals surface area contributed by atoms with Gasteiger partial charge >= 0.3 is 0 Å². The topological polar surface area (TPSA) is 77.2 Å². The zero-order valence-corrected chi connectivity index (χ0v) is 18.5. The molecule has 0 radical (unpaired) electrons. The third-order valence-corrected chi connectivity index (χ3v) is 6.63. The number of aromatic nitrogens is 2. The number of rotatable bonds is 9. The first-order valence-corrected chi connectivity index (χ1v) is 11.7. The largest absolute Gasteiger partial charge is 0.494 e. The molecule has 7 heteroatoms. The lowest BCUT2D eigenvalue weighted by Crippen LogP contribution is -2.13. The predicted molar refractivity (Wildman–Crippen MR) is 122 cm³/mol. The highest BCUT2D eigenvalue weighted by atomic mass is 32.2. The molecule has 1 saturated carbocycles. The van der Waals surface area contributed by atoms with Gasteiger partial charge < -0.3 is 14.6 Å². The fourth-order valence-corrected chi connectivity index (χ4v) is 4.96. The van der Waals surface area contributed by atoms with Crippen molar-refractivity contribution in [3.05, 3.63) is 54.4 Å². The lowest BCUT2D eigenvalue weighted by molar-refractivity contribution is -0.116. The van der Waals surface area contributed by atoms with Gasteiger partial charge in [-0.05, 0) is 56.2 Å². The van der Waals surface area contributed by atoms with Crippen LogP contribution in [0.25, 0.3) is 11.4 Å². The molecule has 0 bridgehead atoms. The van der Waals surface area contributed by atoms with E-state index in [4.69, 9.17) is 9.26 Å². The predicted octanol–water partition coefficient (Wildman–Crippen LogP) is 5.74. The number of para-hydroxylation sites is 1. The van der Waals surface area contributed by atoms with Crippen LogP contribution in [0.5, 0.6) is 5.75 Å². The van der Waals surface area contributed by atoms with Crippen molar-refractivity contribution in [1.82, 2.24) is 10.1 Å². The molecule has 1 fully saturated rings. The average molecular weight is 438 g/mol. The van der Waals surface area contributed by atoms with E-state index in [1.165, 1.54) is 25.7 Å².